The Morgan fingerprint density at radius 3 is 2.65 bits per heavy atom. The second-order valence-corrected chi connectivity index (χ2v) is 3.89. The number of anilines is 1. The Morgan fingerprint density at radius 1 is 1.41 bits per heavy atom. The topological polar surface area (TPSA) is 81.1 Å². The van der Waals surface area contributed by atoms with Gasteiger partial charge in [-0.3, -0.25) is 0 Å². The standard InChI is InChI=1S/C12H13N3O2/c1-7-6-8(2)15(14-7)11-9(12(16)17)4-3-5-10(11)13/h3-6H,13H2,1-2H3,(H,16,17). The van der Waals surface area contributed by atoms with E-state index in [2.05, 4.69) is 5.10 Å². The van der Waals surface area contributed by atoms with Crippen molar-refractivity contribution < 1.29 is 9.90 Å². The van der Waals surface area contributed by atoms with Crippen LogP contribution in [0.15, 0.2) is 24.3 Å². The predicted octanol–water partition coefficient (Wildman–Crippen LogP) is 1.77. The Labute approximate surface area is 98.5 Å². The van der Waals surface area contributed by atoms with Crippen LogP contribution in [-0.2, 0) is 0 Å². The van der Waals surface area contributed by atoms with Crippen LogP contribution in [0.25, 0.3) is 5.69 Å². The summed E-state index contributed by atoms with van der Waals surface area (Å²) < 4.78 is 1.56. The molecule has 5 nitrogen and oxygen atoms in total. The number of aromatic nitrogens is 2. The van der Waals surface area contributed by atoms with Gasteiger partial charge in [-0.05, 0) is 32.0 Å². The molecule has 0 aliphatic carbocycles. The van der Waals surface area contributed by atoms with Crippen molar-refractivity contribution in [1.82, 2.24) is 9.78 Å². The second-order valence-electron chi connectivity index (χ2n) is 3.89. The van der Waals surface area contributed by atoms with Crippen molar-refractivity contribution >= 4 is 11.7 Å². The van der Waals surface area contributed by atoms with Crippen molar-refractivity contribution in [2.45, 2.75) is 13.8 Å². The van der Waals surface area contributed by atoms with Crippen LogP contribution < -0.4 is 5.73 Å². The number of carboxylic acid groups (broad SMARTS) is 1. The number of benzene rings is 1. The van der Waals surface area contributed by atoms with E-state index in [1.54, 1.807) is 16.8 Å². The maximum absolute atomic E-state index is 11.2. The average molecular weight is 231 g/mol. The Morgan fingerprint density at radius 2 is 2.12 bits per heavy atom. The van der Waals surface area contributed by atoms with Crippen LogP contribution in [0, 0.1) is 13.8 Å². The Hall–Kier alpha value is -2.30. The van der Waals surface area contributed by atoms with Crippen molar-refractivity contribution in [2.75, 3.05) is 5.73 Å². The van der Waals surface area contributed by atoms with Gasteiger partial charge >= 0.3 is 5.97 Å². The summed E-state index contributed by atoms with van der Waals surface area (Å²) in [4.78, 5) is 11.2. The highest BCUT2D eigenvalue weighted by atomic mass is 16.4. The smallest absolute Gasteiger partial charge is 0.337 e. The molecule has 0 atom stereocenters. The molecular formula is C12H13N3O2. The highest BCUT2D eigenvalue weighted by Gasteiger charge is 2.16. The summed E-state index contributed by atoms with van der Waals surface area (Å²) in [6.45, 7) is 3.71. The molecule has 17 heavy (non-hydrogen) atoms. The van der Waals surface area contributed by atoms with Gasteiger partial charge in [-0.2, -0.15) is 5.10 Å². The van der Waals surface area contributed by atoms with Gasteiger partial charge in [0.05, 0.1) is 16.9 Å². The Kier molecular flexibility index (Phi) is 2.59. The van der Waals surface area contributed by atoms with Crippen LogP contribution in [0.4, 0.5) is 5.69 Å². The van der Waals surface area contributed by atoms with E-state index in [0.29, 0.717) is 11.4 Å². The van der Waals surface area contributed by atoms with Gasteiger partial charge in [-0.25, -0.2) is 9.48 Å². The largest absolute Gasteiger partial charge is 0.478 e. The number of nitrogens with zero attached hydrogens (tertiary/aromatic N) is 2. The van der Waals surface area contributed by atoms with Crippen molar-refractivity contribution in [3.63, 3.8) is 0 Å². The zero-order valence-electron chi connectivity index (χ0n) is 9.64. The molecule has 0 spiro atoms. The molecule has 0 aliphatic rings. The van der Waals surface area contributed by atoms with Gasteiger partial charge in [0, 0.05) is 5.69 Å². The molecule has 1 aromatic carbocycles. The van der Waals surface area contributed by atoms with Crippen molar-refractivity contribution in [3.8, 4) is 5.69 Å². The predicted molar refractivity (Wildman–Crippen MR) is 64.4 cm³/mol. The molecule has 0 saturated carbocycles. The normalized spacial score (nSPS) is 10.5. The van der Waals surface area contributed by atoms with Gasteiger partial charge in [-0.1, -0.05) is 6.07 Å². The lowest BCUT2D eigenvalue weighted by Crippen LogP contribution is -2.10. The first-order chi connectivity index (χ1) is 8.00. The number of nitrogens with two attached hydrogens (primary N) is 1. The lowest BCUT2D eigenvalue weighted by Gasteiger charge is -2.11. The third-order valence-corrected chi connectivity index (χ3v) is 2.52. The zero-order chi connectivity index (χ0) is 12.6. The highest BCUT2D eigenvalue weighted by molar-refractivity contribution is 5.94. The molecule has 5 heteroatoms. The number of para-hydroxylation sites is 1. The summed E-state index contributed by atoms with van der Waals surface area (Å²) >= 11 is 0. The van der Waals surface area contributed by atoms with E-state index in [1.165, 1.54) is 6.07 Å². The Balaban J connectivity index is 2.74. The minimum absolute atomic E-state index is 0.149. The van der Waals surface area contributed by atoms with E-state index in [-0.39, 0.29) is 5.56 Å². The molecule has 3 N–H and O–H groups in total. The van der Waals surface area contributed by atoms with E-state index in [0.717, 1.165) is 11.4 Å². The fourth-order valence-electron chi connectivity index (χ4n) is 1.83. The lowest BCUT2D eigenvalue weighted by atomic mass is 10.1. The van der Waals surface area contributed by atoms with Gasteiger partial charge < -0.3 is 10.8 Å². The molecule has 0 amide bonds. The molecule has 0 unspecified atom stereocenters. The first-order valence-electron chi connectivity index (χ1n) is 5.16. The van der Waals surface area contributed by atoms with Crippen LogP contribution in [0.1, 0.15) is 21.7 Å². The monoisotopic (exact) mass is 231 g/mol. The molecule has 2 rings (SSSR count). The number of aryl methyl sites for hydroxylation is 2. The number of carboxylic acids is 1. The van der Waals surface area contributed by atoms with Crippen LogP contribution in [0.2, 0.25) is 0 Å². The first-order valence-corrected chi connectivity index (χ1v) is 5.16. The molecule has 1 aromatic heterocycles. The van der Waals surface area contributed by atoms with E-state index in [4.69, 9.17) is 10.8 Å². The molecule has 0 aliphatic heterocycles. The second kappa shape index (κ2) is 3.93. The fraction of sp³-hybridized carbons (Fsp3) is 0.167. The lowest BCUT2D eigenvalue weighted by molar-refractivity contribution is 0.0697. The number of rotatable bonds is 2. The maximum Gasteiger partial charge on any atom is 0.337 e. The average Bonchev–Trinajstić information content (AvgIpc) is 2.57. The molecule has 0 saturated heterocycles. The van der Waals surface area contributed by atoms with E-state index in [1.807, 2.05) is 19.9 Å². The quantitative estimate of drug-likeness (QED) is 0.772. The van der Waals surface area contributed by atoms with Gasteiger partial charge in [0.1, 0.15) is 5.69 Å². The molecule has 1 heterocycles. The van der Waals surface area contributed by atoms with Crippen LogP contribution in [0.3, 0.4) is 0 Å². The Bertz CT molecular complexity index is 587. The number of aromatic carboxylic acids is 1. The van der Waals surface area contributed by atoms with Gasteiger partial charge in [0.2, 0.25) is 0 Å². The molecule has 88 valence electrons. The molecular weight excluding hydrogens is 218 g/mol. The molecule has 0 fully saturated rings. The molecule has 2 aromatic rings. The van der Waals surface area contributed by atoms with Crippen LogP contribution in [-0.4, -0.2) is 20.9 Å². The minimum atomic E-state index is -1.01. The van der Waals surface area contributed by atoms with Crippen molar-refractivity contribution in [2.24, 2.45) is 0 Å². The number of hydrogen-bond donors (Lipinski definition) is 2. The fourth-order valence-corrected chi connectivity index (χ4v) is 1.83. The number of hydrogen-bond acceptors (Lipinski definition) is 3. The van der Waals surface area contributed by atoms with Crippen molar-refractivity contribution in [1.29, 1.82) is 0 Å². The summed E-state index contributed by atoms with van der Waals surface area (Å²) in [6, 6.07) is 6.68. The molecule has 0 radical (unpaired) electrons. The van der Waals surface area contributed by atoms with Gasteiger partial charge in [0.15, 0.2) is 0 Å². The van der Waals surface area contributed by atoms with Crippen LogP contribution in [0.5, 0.6) is 0 Å². The number of carbonyl (C=O) groups is 1. The van der Waals surface area contributed by atoms with Crippen LogP contribution >= 0.6 is 0 Å². The van der Waals surface area contributed by atoms with Gasteiger partial charge in [-0.15, -0.1) is 0 Å². The summed E-state index contributed by atoms with van der Waals surface area (Å²) in [5.41, 5.74) is 8.49. The minimum Gasteiger partial charge on any atom is -0.478 e. The number of nitrogen functional groups attached to an aromatic ring is 1. The third-order valence-electron chi connectivity index (χ3n) is 2.52. The highest BCUT2D eigenvalue weighted by Crippen LogP contribution is 2.23. The third kappa shape index (κ3) is 1.87. The van der Waals surface area contributed by atoms with E-state index >= 15 is 0 Å². The summed E-state index contributed by atoms with van der Waals surface area (Å²) in [7, 11) is 0. The van der Waals surface area contributed by atoms with Crippen molar-refractivity contribution in [3.05, 3.63) is 41.2 Å². The summed E-state index contributed by atoms with van der Waals surface area (Å²) in [5.74, 6) is -1.01. The molecule has 0 bridgehead atoms. The van der Waals surface area contributed by atoms with Gasteiger partial charge in [0.25, 0.3) is 0 Å². The summed E-state index contributed by atoms with van der Waals surface area (Å²) in [6.07, 6.45) is 0. The summed E-state index contributed by atoms with van der Waals surface area (Å²) in [5, 5.41) is 13.4. The first kappa shape index (κ1) is 11.2. The zero-order valence-corrected chi connectivity index (χ0v) is 9.64. The SMILES string of the molecule is Cc1cc(C)n(-c2c(N)cccc2C(=O)O)n1. The van der Waals surface area contributed by atoms with E-state index in [9.17, 15) is 4.79 Å². The van der Waals surface area contributed by atoms with E-state index < -0.39 is 5.97 Å². The maximum atomic E-state index is 11.2.